The highest BCUT2D eigenvalue weighted by Gasteiger charge is 2.02. The van der Waals surface area contributed by atoms with Gasteiger partial charge in [-0.1, -0.05) is 19.9 Å². The summed E-state index contributed by atoms with van der Waals surface area (Å²) in [6.45, 7) is 4.59. The highest BCUT2D eigenvalue weighted by atomic mass is 17.2. The van der Waals surface area contributed by atoms with Crippen LogP contribution in [0.1, 0.15) is 26.7 Å². The number of hydrogen-bond donors (Lipinski definition) is 2. The molecular weight excluding hydrogens is 252 g/mol. The number of aromatic hydroxyl groups is 2. The smallest absolute Gasteiger partial charge is 0.508 e. The molecule has 0 amide bonds. The van der Waals surface area contributed by atoms with E-state index < -0.39 is 6.16 Å². The second kappa shape index (κ2) is 11.2. The maximum Gasteiger partial charge on any atom is 0.540 e. The predicted octanol–water partition coefficient (Wildman–Crippen LogP) is 2.99. The Hall–Kier alpha value is -1.95. The molecule has 0 fully saturated rings. The molecule has 0 atom stereocenters. The van der Waals surface area contributed by atoms with E-state index in [2.05, 4.69) is 14.5 Å². The number of phenols is 2. The normalized spacial score (nSPS) is 9.16. The first-order valence-corrected chi connectivity index (χ1v) is 6.04. The van der Waals surface area contributed by atoms with Crippen LogP contribution in [0.3, 0.4) is 0 Å². The van der Waals surface area contributed by atoms with Crippen LogP contribution in [0.25, 0.3) is 0 Å². The molecule has 0 aliphatic heterocycles. The second-order valence-corrected chi connectivity index (χ2v) is 3.52. The molecule has 1 rings (SSSR count). The van der Waals surface area contributed by atoms with Crippen LogP contribution >= 0.6 is 0 Å². The Balaban J connectivity index is 0.000000356. The first kappa shape index (κ1) is 17.1. The van der Waals surface area contributed by atoms with Crippen LogP contribution < -0.4 is 0 Å². The molecule has 0 unspecified atom stereocenters. The molecule has 6 nitrogen and oxygen atoms in total. The van der Waals surface area contributed by atoms with Gasteiger partial charge < -0.3 is 14.9 Å². The third-order valence-electron chi connectivity index (χ3n) is 1.67. The van der Waals surface area contributed by atoms with Crippen molar-refractivity contribution in [3.63, 3.8) is 0 Å². The number of hydrogen-bond acceptors (Lipinski definition) is 6. The number of carbonyl (C=O) groups excluding carboxylic acids is 1. The molecule has 2 N–H and O–H groups in total. The summed E-state index contributed by atoms with van der Waals surface area (Å²) in [5, 5.41) is 17.3. The van der Waals surface area contributed by atoms with Gasteiger partial charge in [-0.15, -0.1) is 0 Å². The van der Waals surface area contributed by atoms with Crippen LogP contribution in [0.15, 0.2) is 24.3 Å². The van der Waals surface area contributed by atoms with Gasteiger partial charge in [0.15, 0.2) is 0 Å². The zero-order chi connectivity index (χ0) is 14.5. The summed E-state index contributed by atoms with van der Waals surface area (Å²) in [6, 6.07) is 5.85. The standard InChI is InChI=1S/C7H14O4.C6H6O2/c1-3-5-9-7(8)11-10-6-4-2;7-5-2-1-3-6(8)4-5/h3-6H2,1-2H3;1-4,7-8H. The van der Waals surface area contributed by atoms with Gasteiger partial charge in [0.2, 0.25) is 0 Å². The van der Waals surface area contributed by atoms with E-state index in [1.54, 1.807) is 6.07 Å². The van der Waals surface area contributed by atoms with E-state index in [9.17, 15) is 4.79 Å². The summed E-state index contributed by atoms with van der Waals surface area (Å²) in [5.41, 5.74) is 0. The number of phenolic OH excluding ortho intramolecular Hbond substituents is 2. The Morgan fingerprint density at radius 3 is 2.11 bits per heavy atom. The zero-order valence-electron chi connectivity index (χ0n) is 11.2. The van der Waals surface area contributed by atoms with Crippen molar-refractivity contribution in [3.05, 3.63) is 24.3 Å². The van der Waals surface area contributed by atoms with Crippen molar-refractivity contribution in [3.8, 4) is 11.5 Å². The molecule has 0 saturated carbocycles. The van der Waals surface area contributed by atoms with Gasteiger partial charge >= 0.3 is 6.16 Å². The van der Waals surface area contributed by atoms with Crippen LogP contribution in [0.4, 0.5) is 4.79 Å². The van der Waals surface area contributed by atoms with Gasteiger partial charge in [-0.25, -0.2) is 4.79 Å². The van der Waals surface area contributed by atoms with Crippen molar-refractivity contribution < 1.29 is 29.5 Å². The first-order chi connectivity index (χ1) is 9.10. The van der Waals surface area contributed by atoms with Crippen LogP contribution in [-0.2, 0) is 14.5 Å². The Labute approximate surface area is 112 Å². The lowest BCUT2D eigenvalue weighted by Gasteiger charge is -2.01. The molecule has 0 aliphatic rings. The number of ether oxygens (including phenoxy) is 1. The molecule has 0 radical (unpaired) electrons. The van der Waals surface area contributed by atoms with Crippen LogP contribution in [-0.4, -0.2) is 29.6 Å². The lowest BCUT2D eigenvalue weighted by atomic mass is 10.3. The summed E-state index contributed by atoms with van der Waals surface area (Å²) in [7, 11) is 0. The number of carbonyl (C=O) groups is 1. The topological polar surface area (TPSA) is 85.2 Å². The Bertz CT molecular complexity index is 335. The second-order valence-electron chi connectivity index (χ2n) is 3.52. The highest BCUT2D eigenvalue weighted by molar-refractivity contribution is 5.58. The monoisotopic (exact) mass is 272 g/mol. The Kier molecular flexibility index (Phi) is 10.0. The average Bonchev–Trinajstić information content (AvgIpc) is 2.37. The molecule has 19 heavy (non-hydrogen) atoms. The van der Waals surface area contributed by atoms with Crippen molar-refractivity contribution in [1.29, 1.82) is 0 Å². The van der Waals surface area contributed by atoms with Gasteiger partial charge in [0.1, 0.15) is 11.5 Å². The minimum atomic E-state index is -0.764. The summed E-state index contributed by atoms with van der Waals surface area (Å²) in [5.74, 6) is 0.176. The SMILES string of the molecule is CCCOOC(=O)OCCC.Oc1cccc(O)c1. The van der Waals surface area contributed by atoms with Gasteiger partial charge in [-0.3, -0.25) is 4.89 Å². The van der Waals surface area contributed by atoms with Crippen molar-refractivity contribution in [2.45, 2.75) is 26.7 Å². The fourth-order valence-corrected chi connectivity index (χ4v) is 0.876. The van der Waals surface area contributed by atoms with Crippen molar-refractivity contribution >= 4 is 6.16 Å². The minimum Gasteiger partial charge on any atom is -0.508 e. The quantitative estimate of drug-likeness (QED) is 0.371. The van der Waals surface area contributed by atoms with E-state index in [1.165, 1.54) is 18.2 Å². The minimum absolute atomic E-state index is 0.0880. The summed E-state index contributed by atoms with van der Waals surface area (Å²) >= 11 is 0. The van der Waals surface area contributed by atoms with Gasteiger partial charge in [0.05, 0.1) is 13.2 Å². The van der Waals surface area contributed by atoms with Crippen molar-refractivity contribution in [1.82, 2.24) is 0 Å². The number of rotatable bonds is 5. The Morgan fingerprint density at radius 1 is 1.11 bits per heavy atom. The van der Waals surface area contributed by atoms with Gasteiger partial charge in [0.25, 0.3) is 0 Å². The molecule has 1 aromatic rings. The van der Waals surface area contributed by atoms with Gasteiger partial charge in [-0.05, 0) is 25.0 Å². The fourth-order valence-electron chi connectivity index (χ4n) is 0.876. The molecule has 0 aromatic heterocycles. The molecule has 0 heterocycles. The molecule has 108 valence electrons. The molecule has 0 aliphatic carbocycles. The predicted molar refractivity (Wildman–Crippen MR) is 68.7 cm³/mol. The van der Waals surface area contributed by atoms with E-state index in [0.29, 0.717) is 13.2 Å². The summed E-state index contributed by atoms with van der Waals surface area (Å²) in [4.78, 5) is 19.2. The molecule has 0 bridgehead atoms. The maximum absolute atomic E-state index is 10.5. The molecule has 0 saturated heterocycles. The van der Waals surface area contributed by atoms with Crippen molar-refractivity contribution in [2.24, 2.45) is 0 Å². The Morgan fingerprint density at radius 2 is 1.68 bits per heavy atom. The maximum atomic E-state index is 10.5. The van der Waals surface area contributed by atoms with E-state index in [-0.39, 0.29) is 11.5 Å². The third-order valence-corrected chi connectivity index (χ3v) is 1.67. The van der Waals surface area contributed by atoms with Crippen LogP contribution in [0.5, 0.6) is 11.5 Å². The first-order valence-electron chi connectivity index (χ1n) is 6.04. The largest absolute Gasteiger partial charge is 0.540 e. The molecule has 1 aromatic carbocycles. The van der Waals surface area contributed by atoms with E-state index in [0.717, 1.165) is 12.8 Å². The summed E-state index contributed by atoms with van der Waals surface area (Å²) < 4.78 is 4.55. The van der Waals surface area contributed by atoms with Crippen LogP contribution in [0, 0.1) is 0 Å². The fraction of sp³-hybridized carbons (Fsp3) is 0.462. The van der Waals surface area contributed by atoms with E-state index >= 15 is 0 Å². The lowest BCUT2D eigenvalue weighted by Crippen LogP contribution is -2.08. The zero-order valence-corrected chi connectivity index (χ0v) is 11.2. The van der Waals surface area contributed by atoms with Gasteiger partial charge in [-0.2, -0.15) is 4.89 Å². The number of benzene rings is 1. The third kappa shape index (κ3) is 10.9. The molecular formula is C13H20O6. The molecule has 6 heteroatoms. The van der Waals surface area contributed by atoms with E-state index in [4.69, 9.17) is 10.2 Å². The van der Waals surface area contributed by atoms with Crippen LogP contribution in [0.2, 0.25) is 0 Å². The average molecular weight is 272 g/mol. The lowest BCUT2D eigenvalue weighted by molar-refractivity contribution is -0.254. The summed E-state index contributed by atoms with van der Waals surface area (Å²) in [6.07, 6.45) is 0.824. The molecule has 0 spiro atoms. The van der Waals surface area contributed by atoms with Gasteiger partial charge in [0, 0.05) is 6.07 Å². The highest BCUT2D eigenvalue weighted by Crippen LogP contribution is 2.14. The van der Waals surface area contributed by atoms with Crippen molar-refractivity contribution in [2.75, 3.05) is 13.2 Å². The van der Waals surface area contributed by atoms with E-state index in [1.807, 2.05) is 13.8 Å².